The molecule has 1 aromatic carbocycles. The molecule has 0 fully saturated rings. The summed E-state index contributed by atoms with van der Waals surface area (Å²) in [4.78, 5) is 4.31. The van der Waals surface area contributed by atoms with Crippen molar-refractivity contribution < 1.29 is 4.74 Å². The Kier molecular flexibility index (Phi) is 3.05. The predicted molar refractivity (Wildman–Crippen MR) is 67.2 cm³/mol. The highest BCUT2D eigenvalue weighted by Crippen LogP contribution is 2.22. The van der Waals surface area contributed by atoms with E-state index in [1.54, 1.807) is 13.2 Å². The number of nitrogens with one attached hydrogen (secondary N) is 1. The molecule has 0 spiro atoms. The first-order chi connectivity index (χ1) is 8.20. The van der Waals surface area contributed by atoms with E-state index in [4.69, 9.17) is 15.9 Å². The van der Waals surface area contributed by atoms with Gasteiger partial charge in [-0.3, -0.25) is 5.41 Å². The molecule has 4 heteroatoms. The number of amidine groups is 1. The third-order valence-electron chi connectivity index (χ3n) is 2.39. The Morgan fingerprint density at radius 2 is 2.00 bits per heavy atom. The second-order valence-electron chi connectivity index (χ2n) is 3.55. The minimum Gasteiger partial charge on any atom is -0.497 e. The topological polar surface area (TPSA) is 72.0 Å². The number of nitrogen functional groups attached to an aromatic ring is 1. The monoisotopic (exact) mass is 227 g/mol. The fourth-order valence-corrected chi connectivity index (χ4v) is 1.53. The van der Waals surface area contributed by atoms with E-state index in [9.17, 15) is 0 Å². The van der Waals surface area contributed by atoms with E-state index in [1.807, 2.05) is 36.4 Å². The molecule has 1 aromatic heterocycles. The van der Waals surface area contributed by atoms with E-state index in [1.165, 1.54) is 0 Å². The van der Waals surface area contributed by atoms with Crippen LogP contribution < -0.4 is 10.5 Å². The minimum atomic E-state index is -0.0326. The van der Waals surface area contributed by atoms with Crippen LogP contribution in [0.1, 0.15) is 5.69 Å². The average molecular weight is 227 g/mol. The lowest BCUT2D eigenvalue weighted by Crippen LogP contribution is -2.13. The Balaban J connectivity index is 2.45. The summed E-state index contributed by atoms with van der Waals surface area (Å²) in [5.41, 5.74) is 7.60. The number of rotatable bonds is 3. The van der Waals surface area contributed by atoms with Gasteiger partial charge in [-0.2, -0.15) is 0 Å². The summed E-state index contributed by atoms with van der Waals surface area (Å²) in [6, 6.07) is 13.0. The maximum atomic E-state index is 7.36. The molecule has 4 nitrogen and oxygen atoms in total. The molecule has 17 heavy (non-hydrogen) atoms. The zero-order chi connectivity index (χ0) is 12.3. The molecule has 2 rings (SSSR count). The number of pyridine rings is 1. The van der Waals surface area contributed by atoms with Crippen molar-refractivity contribution in [2.45, 2.75) is 0 Å². The highest BCUT2D eigenvalue weighted by Gasteiger charge is 2.03. The number of nitrogens with zero attached hydrogens (tertiary/aromatic N) is 1. The van der Waals surface area contributed by atoms with Gasteiger partial charge in [0.15, 0.2) is 0 Å². The first-order valence-electron chi connectivity index (χ1n) is 5.16. The van der Waals surface area contributed by atoms with Crippen molar-refractivity contribution in [1.82, 2.24) is 4.98 Å². The van der Waals surface area contributed by atoms with E-state index in [-0.39, 0.29) is 5.84 Å². The van der Waals surface area contributed by atoms with Crippen LogP contribution in [-0.2, 0) is 0 Å². The number of methoxy groups -OCH3 is 1. The van der Waals surface area contributed by atoms with Gasteiger partial charge in [0, 0.05) is 5.56 Å². The molecule has 3 N–H and O–H groups in total. The van der Waals surface area contributed by atoms with Gasteiger partial charge in [0.25, 0.3) is 0 Å². The van der Waals surface area contributed by atoms with Crippen molar-refractivity contribution in [1.29, 1.82) is 5.41 Å². The number of benzene rings is 1. The van der Waals surface area contributed by atoms with E-state index in [2.05, 4.69) is 4.98 Å². The van der Waals surface area contributed by atoms with Crippen molar-refractivity contribution in [2.75, 3.05) is 7.11 Å². The molecular formula is C13H13N3O. The zero-order valence-corrected chi connectivity index (χ0v) is 9.47. The summed E-state index contributed by atoms with van der Waals surface area (Å²) >= 11 is 0. The fraction of sp³-hybridized carbons (Fsp3) is 0.0769. The standard InChI is InChI=1S/C13H13N3O/c1-17-10-5-2-4-9(8-10)11-6-3-7-12(16-11)13(14)15/h2-8H,1H3,(H3,14,15). The lowest BCUT2D eigenvalue weighted by Gasteiger charge is -2.05. The van der Waals surface area contributed by atoms with Gasteiger partial charge in [0.2, 0.25) is 0 Å². The molecular weight excluding hydrogens is 214 g/mol. The van der Waals surface area contributed by atoms with Gasteiger partial charge in [-0.25, -0.2) is 4.98 Å². The number of ether oxygens (including phenoxy) is 1. The van der Waals surface area contributed by atoms with Crippen molar-refractivity contribution in [3.05, 3.63) is 48.2 Å². The molecule has 0 aliphatic rings. The van der Waals surface area contributed by atoms with E-state index in [0.29, 0.717) is 5.69 Å². The third-order valence-corrected chi connectivity index (χ3v) is 2.39. The highest BCUT2D eigenvalue weighted by molar-refractivity contribution is 5.93. The van der Waals surface area contributed by atoms with Crippen LogP contribution in [0.15, 0.2) is 42.5 Å². The fourth-order valence-electron chi connectivity index (χ4n) is 1.53. The molecule has 0 amide bonds. The van der Waals surface area contributed by atoms with E-state index >= 15 is 0 Å². The molecule has 0 saturated carbocycles. The maximum Gasteiger partial charge on any atom is 0.141 e. The summed E-state index contributed by atoms with van der Waals surface area (Å²) in [7, 11) is 1.62. The third kappa shape index (κ3) is 2.42. The summed E-state index contributed by atoms with van der Waals surface area (Å²) in [5.74, 6) is 0.743. The van der Waals surface area contributed by atoms with Gasteiger partial charge < -0.3 is 10.5 Å². The smallest absolute Gasteiger partial charge is 0.141 e. The molecule has 0 aliphatic carbocycles. The molecule has 0 unspecified atom stereocenters. The van der Waals surface area contributed by atoms with Crippen LogP contribution >= 0.6 is 0 Å². The second-order valence-corrected chi connectivity index (χ2v) is 3.55. The van der Waals surface area contributed by atoms with Crippen LogP contribution in [0.4, 0.5) is 0 Å². The number of hydrogen-bond donors (Lipinski definition) is 2. The van der Waals surface area contributed by atoms with Gasteiger partial charge >= 0.3 is 0 Å². The molecule has 0 saturated heterocycles. The summed E-state index contributed by atoms with van der Waals surface area (Å²) < 4.78 is 5.16. The quantitative estimate of drug-likeness (QED) is 0.622. The van der Waals surface area contributed by atoms with Crippen LogP contribution in [0.5, 0.6) is 5.75 Å². The van der Waals surface area contributed by atoms with Gasteiger partial charge in [0.1, 0.15) is 17.3 Å². The summed E-state index contributed by atoms with van der Waals surface area (Å²) in [5, 5.41) is 7.36. The zero-order valence-electron chi connectivity index (χ0n) is 9.47. The molecule has 0 aliphatic heterocycles. The SMILES string of the molecule is COc1cccc(-c2cccc(C(=N)N)n2)c1. The largest absolute Gasteiger partial charge is 0.497 e. The van der Waals surface area contributed by atoms with Crippen LogP contribution in [0.3, 0.4) is 0 Å². The molecule has 1 heterocycles. The van der Waals surface area contributed by atoms with Crippen LogP contribution in [0.25, 0.3) is 11.3 Å². The van der Waals surface area contributed by atoms with Crippen molar-refractivity contribution in [3.8, 4) is 17.0 Å². The second kappa shape index (κ2) is 4.65. The van der Waals surface area contributed by atoms with Crippen LogP contribution in [0, 0.1) is 5.41 Å². The lowest BCUT2D eigenvalue weighted by molar-refractivity contribution is 0.415. The normalized spacial score (nSPS) is 9.94. The predicted octanol–water partition coefficient (Wildman–Crippen LogP) is 2.04. The Morgan fingerprint density at radius 1 is 1.24 bits per heavy atom. The highest BCUT2D eigenvalue weighted by atomic mass is 16.5. The first kappa shape index (κ1) is 11.1. The van der Waals surface area contributed by atoms with Crippen molar-refractivity contribution >= 4 is 5.84 Å². The van der Waals surface area contributed by atoms with E-state index < -0.39 is 0 Å². The molecule has 2 aromatic rings. The Morgan fingerprint density at radius 3 is 2.71 bits per heavy atom. The molecule has 0 atom stereocenters. The Bertz CT molecular complexity index is 552. The number of aromatic nitrogens is 1. The molecule has 0 radical (unpaired) electrons. The van der Waals surface area contributed by atoms with Gasteiger partial charge in [-0.1, -0.05) is 18.2 Å². The Labute approximate surface area is 99.6 Å². The minimum absolute atomic E-state index is 0.0326. The van der Waals surface area contributed by atoms with Gasteiger partial charge in [0.05, 0.1) is 12.8 Å². The first-order valence-corrected chi connectivity index (χ1v) is 5.16. The molecule has 86 valence electrons. The Hall–Kier alpha value is -2.36. The summed E-state index contributed by atoms with van der Waals surface area (Å²) in [6.07, 6.45) is 0. The van der Waals surface area contributed by atoms with E-state index in [0.717, 1.165) is 17.0 Å². The van der Waals surface area contributed by atoms with Crippen molar-refractivity contribution in [3.63, 3.8) is 0 Å². The van der Waals surface area contributed by atoms with Gasteiger partial charge in [-0.05, 0) is 24.3 Å². The molecule has 0 bridgehead atoms. The number of nitrogens with two attached hydrogens (primary N) is 1. The lowest BCUT2D eigenvalue weighted by atomic mass is 10.1. The van der Waals surface area contributed by atoms with Crippen LogP contribution in [0.2, 0.25) is 0 Å². The summed E-state index contributed by atoms with van der Waals surface area (Å²) in [6.45, 7) is 0. The van der Waals surface area contributed by atoms with Crippen LogP contribution in [-0.4, -0.2) is 17.9 Å². The van der Waals surface area contributed by atoms with Crippen molar-refractivity contribution in [2.24, 2.45) is 5.73 Å². The van der Waals surface area contributed by atoms with Gasteiger partial charge in [-0.15, -0.1) is 0 Å². The average Bonchev–Trinajstić information content (AvgIpc) is 2.39. The number of hydrogen-bond acceptors (Lipinski definition) is 3. The maximum absolute atomic E-state index is 7.36.